The van der Waals surface area contributed by atoms with E-state index in [9.17, 15) is 4.79 Å². The van der Waals surface area contributed by atoms with Gasteiger partial charge in [-0.15, -0.1) is 0 Å². The lowest BCUT2D eigenvalue weighted by Crippen LogP contribution is -2.39. The molecule has 1 amide bonds. The van der Waals surface area contributed by atoms with Gasteiger partial charge in [-0.05, 0) is 55.4 Å². The summed E-state index contributed by atoms with van der Waals surface area (Å²) in [5.41, 5.74) is 8.12. The maximum absolute atomic E-state index is 12.6. The molecule has 2 aliphatic carbocycles. The van der Waals surface area contributed by atoms with Gasteiger partial charge in [0.05, 0.1) is 28.8 Å². The molecule has 5 rings (SSSR count). The molecule has 140 valence electrons. The maximum atomic E-state index is 12.6. The summed E-state index contributed by atoms with van der Waals surface area (Å²) in [4.78, 5) is 14.8. The number of carbonyl (C=O) groups is 1. The average Bonchev–Trinajstić information content (AvgIpc) is 3.17. The van der Waals surface area contributed by atoms with Crippen molar-refractivity contribution in [2.24, 2.45) is 0 Å². The number of fused-ring (bicyclic) bond motifs is 4. The van der Waals surface area contributed by atoms with Crippen LogP contribution in [0.3, 0.4) is 0 Å². The maximum Gasteiger partial charge on any atom is 0.251 e. The van der Waals surface area contributed by atoms with E-state index in [2.05, 4.69) is 59.1 Å². The molecular weight excluding hydrogens is 336 g/mol. The van der Waals surface area contributed by atoms with Crippen LogP contribution in [0.25, 0.3) is 0 Å². The molecule has 27 heavy (non-hydrogen) atoms. The van der Waals surface area contributed by atoms with Gasteiger partial charge in [0, 0.05) is 19.7 Å². The summed E-state index contributed by atoms with van der Waals surface area (Å²) in [5, 5.41) is 10.3. The van der Waals surface area contributed by atoms with Gasteiger partial charge in [-0.3, -0.25) is 4.79 Å². The standard InChI is InChI=1S/C22H26N4O/c1-13-24-20-18(26(13)3)10-17(21(27)23-2)16-8-9-22(25-19(16)20)11-14-6-4-5-7-15(14)12-22/h4-6,10,12-13,24-25H,7-9,11H2,1-3H3,(H,23,27). The summed E-state index contributed by atoms with van der Waals surface area (Å²) in [6.07, 6.45) is 13.3. The van der Waals surface area contributed by atoms with E-state index in [0.717, 1.165) is 53.9 Å². The Morgan fingerprint density at radius 1 is 1.33 bits per heavy atom. The fourth-order valence-corrected chi connectivity index (χ4v) is 4.95. The van der Waals surface area contributed by atoms with Crippen LogP contribution in [0.2, 0.25) is 0 Å². The van der Waals surface area contributed by atoms with Gasteiger partial charge in [0.15, 0.2) is 0 Å². The van der Waals surface area contributed by atoms with Crippen molar-refractivity contribution >= 4 is 23.0 Å². The van der Waals surface area contributed by atoms with Gasteiger partial charge < -0.3 is 20.9 Å². The number of hydrogen-bond acceptors (Lipinski definition) is 4. The highest BCUT2D eigenvalue weighted by Gasteiger charge is 2.41. The van der Waals surface area contributed by atoms with E-state index in [1.54, 1.807) is 7.05 Å². The molecule has 4 aliphatic rings. The number of benzene rings is 1. The molecule has 0 saturated heterocycles. The molecule has 5 heteroatoms. The van der Waals surface area contributed by atoms with Crippen LogP contribution < -0.4 is 20.9 Å². The molecule has 0 saturated carbocycles. The lowest BCUT2D eigenvalue weighted by atomic mass is 9.82. The van der Waals surface area contributed by atoms with Crippen molar-refractivity contribution in [3.8, 4) is 0 Å². The number of anilines is 3. The zero-order valence-corrected chi connectivity index (χ0v) is 16.1. The van der Waals surface area contributed by atoms with Gasteiger partial charge in [0.2, 0.25) is 0 Å². The first-order valence-electron chi connectivity index (χ1n) is 9.79. The van der Waals surface area contributed by atoms with Gasteiger partial charge in [-0.25, -0.2) is 0 Å². The van der Waals surface area contributed by atoms with Crippen molar-refractivity contribution in [1.82, 2.24) is 5.32 Å². The molecular formula is C22H26N4O. The smallest absolute Gasteiger partial charge is 0.251 e. The van der Waals surface area contributed by atoms with Gasteiger partial charge in [0.25, 0.3) is 5.91 Å². The largest absolute Gasteiger partial charge is 0.374 e. The molecule has 1 spiro atoms. The van der Waals surface area contributed by atoms with Gasteiger partial charge in [-0.2, -0.15) is 0 Å². The second kappa shape index (κ2) is 5.65. The predicted molar refractivity (Wildman–Crippen MR) is 111 cm³/mol. The third-order valence-electron chi connectivity index (χ3n) is 6.54. The third-order valence-corrected chi connectivity index (χ3v) is 6.54. The Morgan fingerprint density at radius 2 is 2.19 bits per heavy atom. The monoisotopic (exact) mass is 362 g/mol. The molecule has 2 unspecified atom stereocenters. The number of amides is 1. The normalized spacial score (nSPS) is 27.2. The van der Waals surface area contributed by atoms with Crippen LogP contribution in [0, 0.1) is 0 Å². The fourth-order valence-electron chi connectivity index (χ4n) is 4.95. The van der Waals surface area contributed by atoms with Crippen molar-refractivity contribution < 1.29 is 4.79 Å². The quantitative estimate of drug-likeness (QED) is 0.715. The van der Waals surface area contributed by atoms with Crippen LogP contribution in [0.1, 0.15) is 42.1 Å². The molecule has 0 bridgehead atoms. The van der Waals surface area contributed by atoms with E-state index in [4.69, 9.17) is 0 Å². The number of nitrogens with one attached hydrogen (secondary N) is 3. The van der Waals surface area contributed by atoms with Crippen molar-refractivity contribution in [2.75, 3.05) is 29.6 Å². The molecule has 2 heterocycles. The zero-order chi connectivity index (χ0) is 18.8. The molecule has 3 N–H and O–H groups in total. The van der Waals surface area contributed by atoms with E-state index < -0.39 is 0 Å². The SMILES string of the molecule is CNC(=O)c1cc2c(c3c1CCC1(C=C4CC=CC=C4C1)N3)NC(C)N2C. The van der Waals surface area contributed by atoms with Crippen LogP contribution in [0.4, 0.5) is 17.1 Å². The summed E-state index contributed by atoms with van der Waals surface area (Å²) in [6.45, 7) is 2.15. The number of nitrogens with zero attached hydrogens (tertiary/aromatic N) is 1. The molecule has 2 aliphatic heterocycles. The second-order valence-electron chi connectivity index (χ2n) is 8.13. The van der Waals surface area contributed by atoms with Crippen molar-refractivity contribution in [3.05, 3.63) is 52.6 Å². The fraction of sp³-hybridized carbons (Fsp3) is 0.409. The summed E-state index contributed by atoms with van der Waals surface area (Å²) in [6, 6.07) is 2.04. The minimum atomic E-state index is -0.0403. The van der Waals surface area contributed by atoms with E-state index in [1.165, 1.54) is 11.1 Å². The Balaban J connectivity index is 1.63. The Labute approximate surface area is 160 Å². The first-order valence-corrected chi connectivity index (χ1v) is 9.79. The van der Waals surface area contributed by atoms with E-state index in [0.29, 0.717) is 0 Å². The molecule has 5 nitrogen and oxygen atoms in total. The number of rotatable bonds is 1. The lowest BCUT2D eigenvalue weighted by Gasteiger charge is -2.37. The number of allylic oxidation sites excluding steroid dienone is 4. The van der Waals surface area contributed by atoms with Gasteiger partial charge >= 0.3 is 0 Å². The van der Waals surface area contributed by atoms with E-state index in [1.807, 2.05) is 6.07 Å². The number of carbonyl (C=O) groups excluding carboxylic acids is 1. The van der Waals surface area contributed by atoms with Crippen LogP contribution in [-0.2, 0) is 6.42 Å². The van der Waals surface area contributed by atoms with Gasteiger partial charge in [-0.1, -0.05) is 24.3 Å². The molecule has 1 aromatic carbocycles. The zero-order valence-electron chi connectivity index (χ0n) is 16.1. The Kier molecular flexibility index (Phi) is 3.45. The minimum absolute atomic E-state index is 0.00916. The summed E-state index contributed by atoms with van der Waals surface area (Å²) in [7, 11) is 3.78. The Hall–Kier alpha value is -2.69. The average molecular weight is 362 g/mol. The predicted octanol–water partition coefficient (Wildman–Crippen LogP) is 3.57. The van der Waals surface area contributed by atoms with E-state index in [-0.39, 0.29) is 17.6 Å². The number of hydrogen-bond donors (Lipinski definition) is 3. The topological polar surface area (TPSA) is 56.4 Å². The van der Waals surface area contributed by atoms with Crippen LogP contribution >= 0.6 is 0 Å². The van der Waals surface area contributed by atoms with Crippen molar-refractivity contribution in [1.29, 1.82) is 0 Å². The highest BCUT2D eigenvalue weighted by Crippen LogP contribution is 2.51. The Bertz CT molecular complexity index is 942. The summed E-state index contributed by atoms with van der Waals surface area (Å²) >= 11 is 0. The first kappa shape index (κ1) is 16.5. The van der Waals surface area contributed by atoms with Gasteiger partial charge in [0.1, 0.15) is 0 Å². The van der Waals surface area contributed by atoms with Crippen LogP contribution in [-0.4, -0.2) is 31.7 Å². The molecule has 2 atom stereocenters. The lowest BCUT2D eigenvalue weighted by molar-refractivity contribution is 0.0962. The van der Waals surface area contributed by atoms with Crippen molar-refractivity contribution in [2.45, 2.75) is 44.3 Å². The van der Waals surface area contributed by atoms with Crippen LogP contribution in [0.5, 0.6) is 0 Å². The molecule has 0 aromatic heterocycles. The van der Waals surface area contributed by atoms with Crippen molar-refractivity contribution in [3.63, 3.8) is 0 Å². The summed E-state index contributed by atoms with van der Waals surface area (Å²) < 4.78 is 0. The molecule has 0 fully saturated rings. The van der Waals surface area contributed by atoms with Crippen LogP contribution in [0.15, 0.2) is 41.5 Å². The first-order chi connectivity index (χ1) is 13.0. The third kappa shape index (κ3) is 2.34. The second-order valence-corrected chi connectivity index (χ2v) is 8.13. The highest BCUT2D eigenvalue weighted by molar-refractivity contribution is 6.03. The Morgan fingerprint density at radius 3 is 2.96 bits per heavy atom. The molecule has 0 radical (unpaired) electrons. The minimum Gasteiger partial charge on any atom is -0.374 e. The van der Waals surface area contributed by atoms with E-state index >= 15 is 0 Å². The highest BCUT2D eigenvalue weighted by atomic mass is 16.1. The molecule has 1 aromatic rings. The summed E-state index contributed by atoms with van der Waals surface area (Å²) in [5.74, 6) is -0.00916.